The Hall–Kier alpha value is -1.35. The fraction of sp³-hybridized carbons (Fsp3) is 0.588. The van der Waals surface area contributed by atoms with Crippen LogP contribution in [0.4, 0.5) is 0 Å². The van der Waals surface area contributed by atoms with E-state index in [1.165, 1.54) is 31.2 Å². The van der Waals surface area contributed by atoms with Gasteiger partial charge in [-0.2, -0.15) is 0 Å². The summed E-state index contributed by atoms with van der Waals surface area (Å²) in [5, 5.41) is 3.44. The van der Waals surface area contributed by atoms with E-state index in [1.54, 1.807) is 0 Å². The Morgan fingerprint density at radius 2 is 2.00 bits per heavy atom. The Labute approximate surface area is 121 Å². The van der Waals surface area contributed by atoms with Crippen LogP contribution in [0.25, 0.3) is 0 Å². The van der Waals surface area contributed by atoms with Gasteiger partial charge in [-0.1, -0.05) is 43.7 Å². The molecule has 0 spiro atoms. The van der Waals surface area contributed by atoms with E-state index in [2.05, 4.69) is 29.3 Å². The maximum Gasteiger partial charge on any atom is 0.241 e. The van der Waals surface area contributed by atoms with E-state index in [-0.39, 0.29) is 18.1 Å². The first kappa shape index (κ1) is 13.6. The molecule has 0 radical (unpaired) electrons. The van der Waals surface area contributed by atoms with Crippen LogP contribution in [0.2, 0.25) is 0 Å². The molecule has 1 amide bonds. The molecule has 2 fully saturated rings. The summed E-state index contributed by atoms with van der Waals surface area (Å²) < 4.78 is 0. The lowest BCUT2D eigenvalue weighted by Gasteiger charge is -2.29. The van der Waals surface area contributed by atoms with Crippen LogP contribution in [0.1, 0.15) is 51.3 Å². The van der Waals surface area contributed by atoms with E-state index >= 15 is 0 Å². The first-order chi connectivity index (χ1) is 9.65. The van der Waals surface area contributed by atoms with Gasteiger partial charge in [0.25, 0.3) is 0 Å². The standard InChI is InChI=1S/C17H24N2O/c1-3-9-17(10-11-17)12-19-15(18-13(2)16(19)20)14-7-5-4-6-8-14/h4-8,13,15,18H,3,9-12H2,1-2H3. The maximum atomic E-state index is 12.5. The number of nitrogens with zero attached hydrogens (tertiary/aromatic N) is 1. The summed E-state index contributed by atoms with van der Waals surface area (Å²) in [4.78, 5) is 14.5. The van der Waals surface area contributed by atoms with Crippen LogP contribution in [0.15, 0.2) is 30.3 Å². The van der Waals surface area contributed by atoms with Crippen molar-refractivity contribution >= 4 is 5.91 Å². The lowest BCUT2D eigenvalue weighted by molar-refractivity contribution is -0.130. The molecule has 1 saturated heterocycles. The van der Waals surface area contributed by atoms with Gasteiger partial charge in [-0.25, -0.2) is 0 Å². The quantitative estimate of drug-likeness (QED) is 0.893. The summed E-state index contributed by atoms with van der Waals surface area (Å²) in [6.45, 7) is 5.12. The van der Waals surface area contributed by atoms with Crippen molar-refractivity contribution < 1.29 is 4.79 Å². The van der Waals surface area contributed by atoms with Crippen molar-refractivity contribution in [3.63, 3.8) is 0 Å². The summed E-state index contributed by atoms with van der Waals surface area (Å²) in [6, 6.07) is 10.2. The van der Waals surface area contributed by atoms with Crippen LogP contribution in [-0.4, -0.2) is 23.4 Å². The van der Waals surface area contributed by atoms with Gasteiger partial charge in [0, 0.05) is 6.54 Å². The highest BCUT2D eigenvalue weighted by atomic mass is 16.2. The smallest absolute Gasteiger partial charge is 0.241 e. The molecule has 1 heterocycles. The second kappa shape index (κ2) is 5.21. The monoisotopic (exact) mass is 272 g/mol. The van der Waals surface area contributed by atoms with E-state index in [9.17, 15) is 4.79 Å². The van der Waals surface area contributed by atoms with E-state index < -0.39 is 0 Å². The molecular weight excluding hydrogens is 248 g/mol. The third-order valence-corrected chi connectivity index (χ3v) is 4.73. The van der Waals surface area contributed by atoms with Crippen molar-refractivity contribution in [2.45, 2.75) is 51.7 Å². The SMILES string of the molecule is CCCC1(CN2C(=O)C(C)NC2c2ccccc2)CC1. The van der Waals surface area contributed by atoms with Crippen molar-refractivity contribution in [2.24, 2.45) is 5.41 Å². The van der Waals surface area contributed by atoms with Crippen LogP contribution in [0.5, 0.6) is 0 Å². The van der Waals surface area contributed by atoms with Crippen molar-refractivity contribution in [3.8, 4) is 0 Å². The number of benzene rings is 1. The van der Waals surface area contributed by atoms with E-state index in [0.717, 1.165) is 6.54 Å². The fourth-order valence-corrected chi connectivity index (χ4v) is 3.41. The number of rotatable bonds is 5. The molecular formula is C17H24N2O. The second-order valence-corrected chi connectivity index (χ2v) is 6.42. The highest BCUT2D eigenvalue weighted by molar-refractivity contribution is 5.84. The van der Waals surface area contributed by atoms with Gasteiger partial charge in [-0.15, -0.1) is 0 Å². The third-order valence-electron chi connectivity index (χ3n) is 4.73. The molecule has 1 saturated carbocycles. The van der Waals surface area contributed by atoms with Gasteiger partial charge in [0.05, 0.1) is 6.04 Å². The normalized spacial score (nSPS) is 27.9. The number of hydrogen-bond acceptors (Lipinski definition) is 2. The van der Waals surface area contributed by atoms with E-state index in [0.29, 0.717) is 5.41 Å². The molecule has 1 aliphatic carbocycles. The summed E-state index contributed by atoms with van der Waals surface area (Å²) in [5.41, 5.74) is 1.60. The van der Waals surface area contributed by atoms with Crippen LogP contribution < -0.4 is 5.32 Å². The number of nitrogens with one attached hydrogen (secondary N) is 1. The molecule has 1 aromatic rings. The molecule has 0 bridgehead atoms. The average Bonchev–Trinajstić information content (AvgIpc) is 3.16. The van der Waals surface area contributed by atoms with Gasteiger partial charge >= 0.3 is 0 Å². The Bertz CT molecular complexity index is 481. The average molecular weight is 272 g/mol. The largest absolute Gasteiger partial charge is 0.321 e. The van der Waals surface area contributed by atoms with Gasteiger partial charge in [0.15, 0.2) is 0 Å². The van der Waals surface area contributed by atoms with E-state index in [4.69, 9.17) is 0 Å². The minimum absolute atomic E-state index is 0.0491. The predicted octanol–water partition coefficient (Wildman–Crippen LogP) is 3.09. The Morgan fingerprint density at radius 1 is 1.30 bits per heavy atom. The molecule has 3 heteroatoms. The zero-order valence-corrected chi connectivity index (χ0v) is 12.4. The van der Waals surface area contributed by atoms with Crippen molar-refractivity contribution in [2.75, 3.05) is 6.54 Å². The molecule has 1 aromatic carbocycles. The molecule has 3 nitrogen and oxygen atoms in total. The van der Waals surface area contributed by atoms with Crippen LogP contribution in [0, 0.1) is 5.41 Å². The molecule has 2 aliphatic rings. The molecule has 20 heavy (non-hydrogen) atoms. The Morgan fingerprint density at radius 3 is 2.60 bits per heavy atom. The highest BCUT2D eigenvalue weighted by Crippen LogP contribution is 2.51. The molecule has 2 unspecified atom stereocenters. The zero-order chi connectivity index (χ0) is 14.2. The third kappa shape index (κ3) is 2.47. The van der Waals surface area contributed by atoms with Gasteiger partial charge in [0.1, 0.15) is 6.17 Å². The summed E-state index contributed by atoms with van der Waals surface area (Å²) in [6.07, 6.45) is 5.06. The van der Waals surface area contributed by atoms with Crippen LogP contribution >= 0.6 is 0 Å². The van der Waals surface area contributed by atoms with Crippen LogP contribution in [-0.2, 0) is 4.79 Å². The predicted molar refractivity (Wildman–Crippen MR) is 80.1 cm³/mol. The van der Waals surface area contributed by atoms with Crippen LogP contribution in [0.3, 0.4) is 0 Å². The molecule has 3 rings (SSSR count). The minimum atomic E-state index is -0.0716. The second-order valence-electron chi connectivity index (χ2n) is 6.42. The topological polar surface area (TPSA) is 32.3 Å². The van der Waals surface area contributed by atoms with E-state index in [1.807, 2.05) is 25.1 Å². The Kier molecular flexibility index (Phi) is 3.55. The maximum absolute atomic E-state index is 12.5. The minimum Gasteiger partial charge on any atom is -0.321 e. The first-order valence-corrected chi connectivity index (χ1v) is 7.77. The van der Waals surface area contributed by atoms with Crippen molar-refractivity contribution in [3.05, 3.63) is 35.9 Å². The number of carbonyl (C=O) groups is 1. The lowest BCUT2D eigenvalue weighted by atomic mass is 9.99. The van der Waals surface area contributed by atoms with Gasteiger partial charge < -0.3 is 4.90 Å². The summed E-state index contributed by atoms with van der Waals surface area (Å²) >= 11 is 0. The van der Waals surface area contributed by atoms with Gasteiger partial charge in [-0.3, -0.25) is 10.1 Å². The molecule has 2 atom stereocenters. The van der Waals surface area contributed by atoms with Gasteiger partial charge in [0.2, 0.25) is 5.91 Å². The highest BCUT2D eigenvalue weighted by Gasteiger charge is 2.47. The molecule has 1 N–H and O–H groups in total. The fourth-order valence-electron chi connectivity index (χ4n) is 3.41. The number of hydrogen-bond donors (Lipinski definition) is 1. The molecule has 1 aliphatic heterocycles. The lowest BCUT2D eigenvalue weighted by Crippen LogP contribution is -2.35. The van der Waals surface area contributed by atoms with Crippen molar-refractivity contribution in [1.82, 2.24) is 10.2 Å². The summed E-state index contributed by atoms with van der Waals surface area (Å²) in [5.74, 6) is 0.251. The Balaban J connectivity index is 1.80. The number of carbonyl (C=O) groups excluding carboxylic acids is 1. The van der Waals surface area contributed by atoms with Crippen molar-refractivity contribution in [1.29, 1.82) is 0 Å². The molecule has 0 aromatic heterocycles. The van der Waals surface area contributed by atoms with Gasteiger partial charge in [-0.05, 0) is 37.2 Å². The molecule has 108 valence electrons. The zero-order valence-electron chi connectivity index (χ0n) is 12.4. The summed E-state index contributed by atoms with van der Waals surface area (Å²) in [7, 11) is 0. The number of amides is 1. The first-order valence-electron chi connectivity index (χ1n) is 7.77.